The number of amides is 2. The van der Waals surface area contributed by atoms with Gasteiger partial charge < -0.3 is 10.2 Å². The Labute approximate surface area is 248 Å². The number of halogens is 3. The van der Waals surface area contributed by atoms with Crippen LogP contribution in [0.1, 0.15) is 100 Å². The highest BCUT2D eigenvalue weighted by Gasteiger charge is 2.41. The molecule has 2 aliphatic heterocycles. The van der Waals surface area contributed by atoms with Crippen LogP contribution in [0.5, 0.6) is 0 Å². The molecule has 2 aromatic carbocycles. The monoisotopic (exact) mass is 587 g/mol. The van der Waals surface area contributed by atoms with Crippen LogP contribution in [0.15, 0.2) is 30.3 Å². The maximum absolute atomic E-state index is 15.0. The van der Waals surface area contributed by atoms with E-state index in [2.05, 4.69) is 37.1 Å². The van der Waals surface area contributed by atoms with Crippen molar-refractivity contribution in [3.8, 4) is 0 Å². The third-order valence-electron chi connectivity index (χ3n) is 9.01. The van der Waals surface area contributed by atoms with Gasteiger partial charge in [0.2, 0.25) is 11.8 Å². The van der Waals surface area contributed by atoms with Crippen LogP contribution in [0.3, 0.4) is 0 Å². The largest absolute Gasteiger partial charge is 0.350 e. The normalized spacial score (nSPS) is 21.5. The molecule has 2 amide bonds. The maximum Gasteiger partial charge on any atom is 0.226 e. The molecule has 2 aliphatic rings. The smallest absolute Gasteiger partial charge is 0.226 e. The minimum absolute atomic E-state index is 0.0583. The van der Waals surface area contributed by atoms with Crippen molar-refractivity contribution >= 4 is 23.4 Å². The lowest BCUT2D eigenvalue weighted by Gasteiger charge is -2.46. The zero-order chi connectivity index (χ0) is 30.1. The number of nitrogens with one attached hydrogen (secondary N) is 1. The Hall–Kier alpha value is -2.51. The van der Waals surface area contributed by atoms with Crippen molar-refractivity contribution in [2.45, 2.75) is 90.6 Å². The summed E-state index contributed by atoms with van der Waals surface area (Å²) < 4.78 is 28.8. The van der Waals surface area contributed by atoms with E-state index < -0.39 is 11.6 Å². The van der Waals surface area contributed by atoms with E-state index in [-0.39, 0.29) is 41.1 Å². The molecule has 0 aromatic heterocycles. The van der Waals surface area contributed by atoms with E-state index in [0.29, 0.717) is 36.6 Å². The third kappa shape index (κ3) is 7.11. The van der Waals surface area contributed by atoms with Crippen LogP contribution in [-0.2, 0) is 9.59 Å². The summed E-state index contributed by atoms with van der Waals surface area (Å²) in [6.07, 6.45) is 2.98. The quantitative estimate of drug-likeness (QED) is 0.391. The second-order valence-corrected chi connectivity index (χ2v) is 13.2. The molecule has 4 rings (SSSR count). The molecular weight excluding hydrogens is 544 g/mol. The summed E-state index contributed by atoms with van der Waals surface area (Å²) in [6, 6.07) is 7.72. The van der Waals surface area contributed by atoms with Crippen molar-refractivity contribution in [3.05, 3.63) is 69.2 Å². The number of likely N-dealkylation sites (tertiary alicyclic amines) is 2. The van der Waals surface area contributed by atoms with Gasteiger partial charge in [0, 0.05) is 55.0 Å². The van der Waals surface area contributed by atoms with Gasteiger partial charge in [0.15, 0.2) is 0 Å². The fraction of sp³-hybridized carbons (Fsp3) is 0.576. The van der Waals surface area contributed by atoms with Crippen LogP contribution < -0.4 is 5.32 Å². The lowest BCUT2D eigenvalue weighted by atomic mass is 9.77. The number of carbonyl (C=O) groups excluding carboxylic acids is 2. The molecule has 2 aromatic rings. The predicted molar refractivity (Wildman–Crippen MR) is 160 cm³/mol. The van der Waals surface area contributed by atoms with Crippen molar-refractivity contribution in [1.29, 1.82) is 0 Å². The molecule has 5 nitrogen and oxygen atoms in total. The van der Waals surface area contributed by atoms with Gasteiger partial charge >= 0.3 is 0 Å². The first-order valence-electron chi connectivity index (χ1n) is 14.9. The molecule has 224 valence electrons. The number of hydrogen-bond donors (Lipinski definition) is 1. The summed E-state index contributed by atoms with van der Waals surface area (Å²) in [6.45, 7) is 14.5. The van der Waals surface area contributed by atoms with Gasteiger partial charge in [-0.15, -0.1) is 0 Å². The fourth-order valence-electron chi connectivity index (χ4n) is 6.64. The molecule has 0 saturated carbocycles. The summed E-state index contributed by atoms with van der Waals surface area (Å²) in [5, 5.41) is 3.75. The van der Waals surface area contributed by atoms with Gasteiger partial charge in [-0.1, -0.05) is 30.7 Å². The number of hydrogen-bond acceptors (Lipinski definition) is 3. The number of nitrogens with zero attached hydrogens (tertiary/aromatic N) is 2. The zero-order valence-electron chi connectivity index (χ0n) is 25.2. The SMILES string of the molecule is CC[C@@H](NC(C)=O)c1cc(Cl)c(C)cc1C1CCN(C(=O)[C@@H]2CCN(C(C)(C)C)C[C@H]2c2ccc(F)cc2F)CC1. The van der Waals surface area contributed by atoms with Crippen molar-refractivity contribution in [2.24, 2.45) is 5.92 Å². The molecule has 1 N–H and O–H groups in total. The number of piperidine rings is 2. The minimum Gasteiger partial charge on any atom is -0.350 e. The Morgan fingerprint density at radius 3 is 2.32 bits per heavy atom. The van der Waals surface area contributed by atoms with Crippen molar-refractivity contribution in [2.75, 3.05) is 26.2 Å². The molecule has 41 heavy (non-hydrogen) atoms. The molecule has 2 heterocycles. The van der Waals surface area contributed by atoms with Gasteiger partial charge in [0.1, 0.15) is 11.6 Å². The first kappa shape index (κ1) is 31.4. The van der Waals surface area contributed by atoms with Gasteiger partial charge in [-0.25, -0.2) is 8.78 Å². The standard InChI is InChI=1S/C33H44ClF2N3O2/c1-7-31(37-21(3)40)27-18-29(34)20(2)16-26(27)22-10-13-38(14-11-22)32(41)25-12-15-39(33(4,5)6)19-28(25)24-9-8-23(35)17-30(24)36/h8-9,16-18,22,25,28,31H,7,10-15,19H2,1-6H3,(H,37,40)/t25-,28+,31-/m1/s1. The average Bonchev–Trinajstić information content (AvgIpc) is 2.92. The van der Waals surface area contributed by atoms with E-state index in [9.17, 15) is 14.0 Å². The van der Waals surface area contributed by atoms with Crippen LogP contribution in [-0.4, -0.2) is 53.3 Å². The average molecular weight is 588 g/mol. The molecule has 0 unspecified atom stereocenters. The number of aryl methyl sites for hydroxylation is 1. The second kappa shape index (κ2) is 12.8. The third-order valence-corrected chi connectivity index (χ3v) is 9.42. The first-order valence-corrected chi connectivity index (χ1v) is 15.2. The van der Waals surface area contributed by atoms with Gasteiger partial charge in [0.25, 0.3) is 0 Å². The van der Waals surface area contributed by atoms with Gasteiger partial charge in [0.05, 0.1) is 6.04 Å². The van der Waals surface area contributed by atoms with Crippen LogP contribution in [0.4, 0.5) is 8.78 Å². The molecule has 0 radical (unpaired) electrons. The van der Waals surface area contributed by atoms with Gasteiger partial charge in [-0.05, 0) is 100 Å². The lowest BCUT2D eigenvalue weighted by Crippen LogP contribution is -2.53. The molecule has 0 spiro atoms. The van der Waals surface area contributed by atoms with Crippen molar-refractivity contribution in [1.82, 2.24) is 15.1 Å². The highest BCUT2D eigenvalue weighted by molar-refractivity contribution is 6.31. The first-order chi connectivity index (χ1) is 19.3. The Morgan fingerprint density at radius 2 is 1.73 bits per heavy atom. The van der Waals surface area contributed by atoms with Crippen molar-refractivity contribution < 1.29 is 18.4 Å². The molecular formula is C33H44ClF2N3O2. The molecule has 0 bridgehead atoms. The summed E-state index contributed by atoms with van der Waals surface area (Å²) in [7, 11) is 0. The second-order valence-electron chi connectivity index (χ2n) is 12.8. The number of benzene rings is 2. The van der Waals surface area contributed by atoms with Crippen LogP contribution in [0, 0.1) is 24.5 Å². The van der Waals surface area contributed by atoms with E-state index >= 15 is 4.39 Å². The van der Waals surface area contributed by atoms with Crippen LogP contribution >= 0.6 is 11.6 Å². The van der Waals surface area contributed by atoms with Crippen molar-refractivity contribution in [3.63, 3.8) is 0 Å². The fourth-order valence-corrected chi connectivity index (χ4v) is 6.81. The summed E-state index contributed by atoms with van der Waals surface area (Å²) in [4.78, 5) is 30.1. The zero-order valence-corrected chi connectivity index (χ0v) is 26.0. The molecule has 0 aliphatic carbocycles. The maximum atomic E-state index is 15.0. The van der Waals surface area contributed by atoms with Gasteiger partial charge in [-0.2, -0.15) is 0 Å². The summed E-state index contributed by atoms with van der Waals surface area (Å²) in [5.41, 5.74) is 3.52. The molecule has 2 saturated heterocycles. The van der Waals surface area contributed by atoms with E-state index in [0.717, 1.165) is 43.0 Å². The van der Waals surface area contributed by atoms with E-state index in [1.807, 2.05) is 24.8 Å². The topological polar surface area (TPSA) is 52.7 Å². The summed E-state index contributed by atoms with van der Waals surface area (Å²) in [5.74, 6) is -1.68. The Morgan fingerprint density at radius 1 is 1.05 bits per heavy atom. The molecule has 3 atom stereocenters. The summed E-state index contributed by atoms with van der Waals surface area (Å²) >= 11 is 6.52. The highest BCUT2D eigenvalue weighted by atomic mass is 35.5. The Balaban J connectivity index is 1.54. The Bertz CT molecular complexity index is 1270. The minimum atomic E-state index is -0.611. The lowest BCUT2D eigenvalue weighted by molar-refractivity contribution is -0.139. The van der Waals surface area contributed by atoms with E-state index in [1.165, 1.54) is 24.6 Å². The van der Waals surface area contributed by atoms with Gasteiger partial charge in [-0.3, -0.25) is 14.5 Å². The molecule has 2 fully saturated rings. The van der Waals surface area contributed by atoms with Crippen LogP contribution in [0.2, 0.25) is 5.02 Å². The Kier molecular flexibility index (Phi) is 9.80. The predicted octanol–water partition coefficient (Wildman–Crippen LogP) is 7.12. The number of carbonyl (C=O) groups is 2. The highest BCUT2D eigenvalue weighted by Crippen LogP contribution is 2.40. The molecule has 8 heteroatoms. The number of rotatable bonds is 6. The van der Waals surface area contributed by atoms with E-state index in [1.54, 1.807) is 0 Å². The van der Waals surface area contributed by atoms with Crippen LogP contribution in [0.25, 0.3) is 0 Å². The van der Waals surface area contributed by atoms with E-state index in [4.69, 9.17) is 11.6 Å².